The molecule has 114 valence electrons. The molecule has 0 saturated heterocycles. The maximum absolute atomic E-state index is 13.5. The van der Waals surface area contributed by atoms with Crippen molar-refractivity contribution < 1.29 is 13.6 Å². The van der Waals surface area contributed by atoms with Crippen LogP contribution in [0.3, 0.4) is 0 Å². The maximum atomic E-state index is 13.5. The van der Waals surface area contributed by atoms with Gasteiger partial charge in [-0.1, -0.05) is 30.3 Å². The monoisotopic (exact) mass is 301 g/mol. The van der Waals surface area contributed by atoms with Crippen LogP contribution in [0.5, 0.6) is 0 Å². The van der Waals surface area contributed by atoms with Gasteiger partial charge in [0.2, 0.25) is 5.91 Å². The normalized spacial score (nSPS) is 11.3. The van der Waals surface area contributed by atoms with Gasteiger partial charge in [0, 0.05) is 17.7 Å². The number of carbonyl (C=O) groups is 1. The minimum Gasteiger partial charge on any atom is -0.352 e. The van der Waals surface area contributed by atoms with Gasteiger partial charge in [0.1, 0.15) is 11.6 Å². The number of halogens is 2. The average Bonchev–Trinajstić information content (AvgIpc) is 2.51. The van der Waals surface area contributed by atoms with Gasteiger partial charge in [-0.15, -0.1) is 0 Å². The van der Waals surface area contributed by atoms with E-state index >= 15 is 0 Å². The lowest BCUT2D eigenvalue weighted by molar-refractivity contribution is -0.117. The van der Waals surface area contributed by atoms with Crippen LogP contribution < -0.4 is 5.32 Å². The van der Waals surface area contributed by atoms with Crippen molar-refractivity contribution in [1.82, 2.24) is 5.32 Å². The molecular formula is C18H17F2NO. The highest BCUT2D eigenvalue weighted by Gasteiger charge is 2.05. The fourth-order valence-electron chi connectivity index (χ4n) is 2.00. The Balaban J connectivity index is 1.89. The Morgan fingerprint density at radius 2 is 1.77 bits per heavy atom. The molecule has 22 heavy (non-hydrogen) atoms. The Hall–Kier alpha value is -2.49. The van der Waals surface area contributed by atoms with Crippen molar-refractivity contribution in [1.29, 1.82) is 0 Å². The van der Waals surface area contributed by atoms with Gasteiger partial charge in [0.15, 0.2) is 0 Å². The quantitative estimate of drug-likeness (QED) is 0.838. The number of hydrogen-bond donors (Lipinski definition) is 1. The lowest BCUT2D eigenvalue weighted by Gasteiger charge is -2.06. The summed E-state index contributed by atoms with van der Waals surface area (Å²) in [7, 11) is 0. The van der Waals surface area contributed by atoms with Gasteiger partial charge in [0.05, 0.1) is 0 Å². The molecule has 4 heteroatoms. The molecule has 0 aliphatic heterocycles. The molecule has 0 atom stereocenters. The molecule has 1 amide bonds. The zero-order valence-corrected chi connectivity index (χ0v) is 12.3. The van der Waals surface area contributed by atoms with E-state index in [1.54, 1.807) is 37.3 Å². The van der Waals surface area contributed by atoms with Crippen LogP contribution >= 0.6 is 0 Å². The second-order valence-corrected chi connectivity index (χ2v) is 4.98. The zero-order valence-electron chi connectivity index (χ0n) is 12.3. The first-order valence-electron chi connectivity index (χ1n) is 7.02. The van der Waals surface area contributed by atoms with E-state index in [1.165, 1.54) is 24.3 Å². The van der Waals surface area contributed by atoms with Crippen LogP contribution in [0.1, 0.15) is 18.1 Å². The Bertz CT molecular complexity index is 678. The summed E-state index contributed by atoms with van der Waals surface area (Å²) in [6, 6.07) is 12.4. The standard InChI is InChI=1S/C18H17F2NO/c1-13(12-15-4-2-3-5-17(15)20)18(22)21-11-10-14-6-8-16(19)9-7-14/h2-9,12H,10-11H2,1H3,(H,21,22)/b13-12+. The molecule has 2 aromatic carbocycles. The second kappa shape index (κ2) is 7.50. The molecule has 0 fully saturated rings. The van der Waals surface area contributed by atoms with E-state index in [0.29, 0.717) is 24.1 Å². The average molecular weight is 301 g/mol. The fraction of sp³-hybridized carbons (Fsp3) is 0.167. The Labute approximate surface area is 128 Å². The van der Waals surface area contributed by atoms with Crippen molar-refractivity contribution in [2.45, 2.75) is 13.3 Å². The van der Waals surface area contributed by atoms with E-state index < -0.39 is 0 Å². The molecule has 2 rings (SSSR count). The highest BCUT2D eigenvalue weighted by Crippen LogP contribution is 2.11. The molecular weight excluding hydrogens is 284 g/mol. The van der Waals surface area contributed by atoms with Crippen molar-refractivity contribution >= 4 is 12.0 Å². The summed E-state index contributed by atoms with van der Waals surface area (Å²) in [6.07, 6.45) is 2.13. The first-order chi connectivity index (χ1) is 10.6. The molecule has 0 aliphatic rings. The van der Waals surface area contributed by atoms with Crippen molar-refractivity contribution in [3.63, 3.8) is 0 Å². The van der Waals surface area contributed by atoms with Gasteiger partial charge in [-0.2, -0.15) is 0 Å². The summed E-state index contributed by atoms with van der Waals surface area (Å²) in [5.74, 6) is -0.886. The largest absolute Gasteiger partial charge is 0.352 e. The molecule has 2 aromatic rings. The topological polar surface area (TPSA) is 29.1 Å². The number of nitrogens with one attached hydrogen (secondary N) is 1. The molecule has 1 N–H and O–H groups in total. The van der Waals surface area contributed by atoms with Crippen LogP contribution in [-0.2, 0) is 11.2 Å². The third-order valence-electron chi connectivity index (χ3n) is 3.25. The van der Waals surface area contributed by atoms with E-state index in [1.807, 2.05) is 0 Å². The zero-order chi connectivity index (χ0) is 15.9. The third kappa shape index (κ3) is 4.52. The van der Waals surface area contributed by atoms with Crippen LogP contribution in [0, 0.1) is 11.6 Å². The molecule has 0 radical (unpaired) electrons. The third-order valence-corrected chi connectivity index (χ3v) is 3.25. The maximum Gasteiger partial charge on any atom is 0.246 e. The molecule has 0 bridgehead atoms. The highest BCUT2D eigenvalue weighted by molar-refractivity contribution is 5.97. The van der Waals surface area contributed by atoms with Gasteiger partial charge in [-0.3, -0.25) is 4.79 Å². The van der Waals surface area contributed by atoms with Crippen LogP contribution in [0.2, 0.25) is 0 Å². The Kier molecular flexibility index (Phi) is 5.42. The SMILES string of the molecule is C/C(=C\c1ccccc1F)C(=O)NCCc1ccc(F)cc1. The molecule has 0 unspecified atom stereocenters. The van der Waals surface area contributed by atoms with Crippen molar-refractivity contribution in [2.24, 2.45) is 0 Å². The number of amides is 1. The Morgan fingerprint density at radius 1 is 1.09 bits per heavy atom. The first-order valence-corrected chi connectivity index (χ1v) is 7.02. The minimum atomic E-state index is -0.360. The lowest BCUT2D eigenvalue weighted by atomic mass is 10.1. The second-order valence-electron chi connectivity index (χ2n) is 4.98. The molecule has 0 aliphatic carbocycles. The van der Waals surface area contributed by atoms with Crippen molar-refractivity contribution in [3.05, 3.63) is 76.9 Å². The highest BCUT2D eigenvalue weighted by atomic mass is 19.1. The van der Waals surface area contributed by atoms with E-state index in [2.05, 4.69) is 5.32 Å². The van der Waals surface area contributed by atoms with E-state index in [4.69, 9.17) is 0 Å². The summed E-state index contributed by atoms with van der Waals surface area (Å²) in [4.78, 5) is 11.9. The van der Waals surface area contributed by atoms with E-state index in [0.717, 1.165) is 5.56 Å². The van der Waals surface area contributed by atoms with Gasteiger partial charge < -0.3 is 5.32 Å². The first kappa shape index (κ1) is 15.9. The predicted molar refractivity (Wildman–Crippen MR) is 83.2 cm³/mol. The van der Waals surface area contributed by atoms with Crippen LogP contribution in [0.4, 0.5) is 8.78 Å². The number of benzene rings is 2. The van der Waals surface area contributed by atoms with Crippen molar-refractivity contribution in [3.8, 4) is 0 Å². The summed E-state index contributed by atoms with van der Waals surface area (Å²) in [5, 5.41) is 2.76. The van der Waals surface area contributed by atoms with Crippen molar-refractivity contribution in [2.75, 3.05) is 6.54 Å². The van der Waals surface area contributed by atoms with E-state index in [-0.39, 0.29) is 17.5 Å². The van der Waals surface area contributed by atoms with Crippen LogP contribution in [-0.4, -0.2) is 12.5 Å². The number of hydrogen-bond acceptors (Lipinski definition) is 1. The van der Waals surface area contributed by atoms with Gasteiger partial charge in [-0.25, -0.2) is 8.78 Å². The fourth-order valence-corrected chi connectivity index (χ4v) is 2.00. The van der Waals surface area contributed by atoms with Crippen LogP contribution in [0.25, 0.3) is 6.08 Å². The summed E-state index contributed by atoms with van der Waals surface area (Å²) < 4.78 is 26.3. The molecule has 0 saturated carbocycles. The summed E-state index contributed by atoms with van der Waals surface area (Å²) >= 11 is 0. The number of carbonyl (C=O) groups excluding carboxylic acids is 1. The molecule has 0 aromatic heterocycles. The van der Waals surface area contributed by atoms with Gasteiger partial charge >= 0.3 is 0 Å². The molecule has 0 heterocycles. The molecule has 0 spiro atoms. The molecule has 2 nitrogen and oxygen atoms in total. The van der Waals surface area contributed by atoms with Crippen LogP contribution in [0.15, 0.2) is 54.1 Å². The summed E-state index contributed by atoms with van der Waals surface area (Å²) in [6.45, 7) is 2.08. The van der Waals surface area contributed by atoms with Gasteiger partial charge in [0.25, 0.3) is 0 Å². The Morgan fingerprint density at radius 3 is 2.45 bits per heavy atom. The smallest absolute Gasteiger partial charge is 0.246 e. The minimum absolute atomic E-state index is 0.245. The summed E-state index contributed by atoms with van der Waals surface area (Å²) in [5.41, 5.74) is 1.76. The lowest BCUT2D eigenvalue weighted by Crippen LogP contribution is -2.26. The van der Waals surface area contributed by atoms with Gasteiger partial charge in [-0.05, 0) is 43.2 Å². The number of rotatable bonds is 5. The van der Waals surface area contributed by atoms with E-state index in [9.17, 15) is 13.6 Å². The predicted octanol–water partition coefficient (Wildman–Crippen LogP) is 3.73.